The van der Waals surface area contributed by atoms with Gasteiger partial charge in [-0.05, 0) is 37.3 Å². The van der Waals surface area contributed by atoms with Gasteiger partial charge in [-0.3, -0.25) is 19.5 Å². The summed E-state index contributed by atoms with van der Waals surface area (Å²) in [6, 6.07) is 14.2. The summed E-state index contributed by atoms with van der Waals surface area (Å²) in [5.74, 6) is 0.377. The van der Waals surface area contributed by atoms with Gasteiger partial charge in [0.25, 0.3) is 11.5 Å². The van der Waals surface area contributed by atoms with Crippen molar-refractivity contribution < 1.29 is 9.53 Å². The number of amides is 1. The maximum absolute atomic E-state index is 13.0. The summed E-state index contributed by atoms with van der Waals surface area (Å²) in [4.78, 5) is 30.2. The van der Waals surface area contributed by atoms with Crippen molar-refractivity contribution >= 4 is 33.1 Å². The molecule has 0 aliphatic rings. The number of carbonyl (C=O) groups is 1. The van der Waals surface area contributed by atoms with Crippen LogP contribution in [0.3, 0.4) is 0 Å². The predicted molar refractivity (Wildman–Crippen MR) is 111 cm³/mol. The Morgan fingerprint density at radius 1 is 1.11 bits per heavy atom. The highest BCUT2D eigenvalue weighted by Gasteiger charge is 2.16. The average Bonchev–Trinajstić information content (AvgIpc) is 3.13. The molecular formula is C21H17N3O3S. The van der Waals surface area contributed by atoms with Crippen LogP contribution in [0.5, 0.6) is 5.75 Å². The quantitative estimate of drug-likeness (QED) is 0.570. The Morgan fingerprint density at radius 2 is 1.82 bits per heavy atom. The Balaban J connectivity index is 1.86. The van der Waals surface area contributed by atoms with Crippen molar-refractivity contribution in [1.29, 1.82) is 0 Å². The second-order valence-electron chi connectivity index (χ2n) is 6.21. The Hall–Kier alpha value is -3.45. The van der Waals surface area contributed by atoms with Gasteiger partial charge >= 0.3 is 0 Å². The number of hydrogen-bond donors (Lipinski definition) is 1. The molecule has 0 bridgehead atoms. The number of benzene rings is 2. The first kappa shape index (κ1) is 17.9. The van der Waals surface area contributed by atoms with E-state index in [1.165, 1.54) is 15.9 Å². The SMILES string of the molecule is COc1ccc(-n2cc(C(=O)Nc3nc(C)cs3)c3ccccc3c2=O)cc1. The molecule has 140 valence electrons. The lowest BCUT2D eigenvalue weighted by Crippen LogP contribution is -2.22. The zero-order valence-electron chi connectivity index (χ0n) is 15.3. The molecule has 4 aromatic rings. The molecule has 0 saturated carbocycles. The fourth-order valence-electron chi connectivity index (χ4n) is 2.98. The molecule has 2 aromatic heterocycles. The Labute approximate surface area is 165 Å². The van der Waals surface area contributed by atoms with Crippen molar-refractivity contribution in [1.82, 2.24) is 9.55 Å². The molecule has 0 spiro atoms. The molecule has 0 fully saturated rings. The minimum atomic E-state index is -0.312. The monoisotopic (exact) mass is 391 g/mol. The summed E-state index contributed by atoms with van der Waals surface area (Å²) < 4.78 is 6.65. The number of thiazole rings is 1. The number of carbonyl (C=O) groups excluding carboxylic acids is 1. The van der Waals surface area contributed by atoms with Crippen molar-refractivity contribution in [2.75, 3.05) is 12.4 Å². The number of hydrogen-bond acceptors (Lipinski definition) is 5. The molecule has 0 aliphatic carbocycles. The fourth-order valence-corrected chi connectivity index (χ4v) is 3.67. The third kappa shape index (κ3) is 3.27. The Kier molecular flexibility index (Phi) is 4.67. The van der Waals surface area contributed by atoms with E-state index in [2.05, 4.69) is 10.3 Å². The Morgan fingerprint density at radius 3 is 2.46 bits per heavy atom. The second kappa shape index (κ2) is 7.28. The van der Waals surface area contributed by atoms with E-state index in [4.69, 9.17) is 4.74 Å². The van der Waals surface area contributed by atoms with Crippen molar-refractivity contribution in [2.45, 2.75) is 6.92 Å². The van der Waals surface area contributed by atoms with Gasteiger partial charge in [0.1, 0.15) is 5.75 Å². The molecule has 6 nitrogen and oxygen atoms in total. The highest BCUT2D eigenvalue weighted by Crippen LogP contribution is 2.21. The van der Waals surface area contributed by atoms with Gasteiger partial charge in [-0.2, -0.15) is 0 Å². The van der Waals surface area contributed by atoms with Gasteiger partial charge in [0.2, 0.25) is 0 Å². The molecule has 4 rings (SSSR count). The highest BCUT2D eigenvalue weighted by molar-refractivity contribution is 7.13. The van der Waals surface area contributed by atoms with Crippen LogP contribution < -0.4 is 15.6 Å². The molecule has 7 heteroatoms. The average molecular weight is 391 g/mol. The summed E-state index contributed by atoms with van der Waals surface area (Å²) in [5, 5.41) is 6.28. The van der Waals surface area contributed by atoms with Crippen molar-refractivity contribution in [3.63, 3.8) is 0 Å². The largest absolute Gasteiger partial charge is 0.497 e. The Bertz CT molecular complexity index is 1230. The summed E-state index contributed by atoms with van der Waals surface area (Å²) in [7, 11) is 1.58. The smallest absolute Gasteiger partial charge is 0.262 e. The summed E-state index contributed by atoms with van der Waals surface area (Å²) in [5.41, 5.74) is 1.70. The van der Waals surface area contributed by atoms with Crippen molar-refractivity contribution in [3.05, 3.63) is 81.7 Å². The lowest BCUT2D eigenvalue weighted by Gasteiger charge is -2.12. The minimum Gasteiger partial charge on any atom is -0.497 e. The maximum Gasteiger partial charge on any atom is 0.262 e. The summed E-state index contributed by atoms with van der Waals surface area (Å²) in [6.07, 6.45) is 1.57. The molecule has 2 heterocycles. The number of nitrogens with one attached hydrogen (secondary N) is 1. The van der Waals surface area contributed by atoms with Crippen molar-refractivity contribution in [2.24, 2.45) is 0 Å². The van der Waals surface area contributed by atoms with Crippen molar-refractivity contribution in [3.8, 4) is 11.4 Å². The van der Waals surface area contributed by atoms with Crippen LogP contribution in [0.2, 0.25) is 0 Å². The molecule has 0 atom stereocenters. The second-order valence-corrected chi connectivity index (χ2v) is 7.07. The number of methoxy groups -OCH3 is 1. The maximum atomic E-state index is 13.0. The van der Waals surface area contributed by atoms with E-state index < -0.39 is 0 Å². The van der Waals surface area contributed by atoms with Gasteiger partial charge in [-0.1, -0.05) is 18.2 Å². The molecular weight excluding hydrogens is 374 g/mol. The number of ether oxygens (including phenoxy) is 1. The molecule has 2 aromatic carbocycles. The molecule has 28 heavy (non-hydrogen) atoms. The van der Waals surface area contributed by atoms with Crippen LogP contribution in [0, 0.1) is 6.92 Å². The third-order valence-corrected chi connectivity index (χ3v) is 5.23. The van der Waals surface area contributed by atoms with Gasteiger partial charge in [-0.25, -0.2) is 4.98 Å². The number of nitrogens with zero attached hydrogens (tertiary/aromatic N) is 2. The van der Waals surface area contributed by atoms with Crippen LogP contribution in [0.1, 0.15) is 16.1 Å². The number of aryl methyl sites for hydroxylation is 1. The van der Waals surface area contributed by atoms with E-state index in [1.54, 1.807) is 55.8 Å². The molecule has 0 unspecified atom stereocenters. The van der Waals surface area contributed by atoms with E-state index in [0.717, 1.165) is 5.69 Å². The van der Waals surface area contributed by atoms with E-state index in [1.807, 2.05) is 18.4 Å². The normalized spacial score (nSPS) is 10.8. The predicted octanol–water partition coefficient (Wildman–Crippen LogP) is 4.02. The van der Waals surface area contributed by atoms with E-state index in [9.17, 15) is 9.59 Å². The summed E-state index contributed by atoms with van der Waals surface area (Å²) in [6.45, 7) is 1.87. The summed E-state index contributed by atoms with van der Waals surface area (Å²) >= 11 is 1.36. The van der Waals surface area contributed by atoms with Crippen LogP contribution in [0.4, 0.5) is 5.13 Å². The molecule has 0 saturated heterocycles. The topological polar surface area (TPSA) is 73.2 Å². The first-order valence-electron chi connectivity index (χ1n) is 8.59. The molecule has 0 aliphatic heterocycles. The van der Waals surface area contributed by atoms with Gasteiger partial charge in [0.15, 0.2) is 5.13 Å². The zero-order valence-corrected chi connectivity index (χ0v) is 16.1. The zero-order chi connectivity index (χ0) is 19.7. The van der Waals surface area contributed by atoms with Crippen LogP contribution >= 0.6 is 11.3 Å². The van der Waals surface area contributed by atoms with E-state index >= 15 is 0 Å². The number of rotatable bonds is 4. The van der Waals surface area contributed by atoms with E-state index in [0.29, 0.717) is 32.9 Å². The third-order valence-electron chi connectivity index (χ3n) is 4.36. The van der Waals surface area contributed by atoms with Crippen LogP contribution in [0.15, 0.2) is 64.9 Å². The first-order valence-corrected chi connectivity index (χ1v) is 9.47. The molecule has 1 amide bonds. The number of aromatic nitrogens is 2. The van der Waals surface area contributed by atoms with Gasteiger partial charge < -0.3 is 4.74 Å². The number of anilines is 1. The lowest BCUT2D eigenvalue weighted by atomic mass is 10.1. The molecule has 1 N–H and O–H groups in total. The number of fused-ring (bicyclic) bond motifs is 1. The van der Waals surface area contributed by atoms with Gasteiger partial charge in [-0.15, -0.1) is 11.3 Å². The highest BCUT2D eigenvalue weighted by atomic mass is 32.1. The molecule has 0 radical (unpaired) electrons. The fraction of sp³-hybridized carbons (Fsp3) is 0.0952. The standard InChI is InChI=1S/C21H17N3O3S/c1-13-12-28-21(22-13)23-19(25)18-11-24(14-7-9-15(27-2)10-8-14)20(26)17-6-4-3-5-16(17)18/h3-12H,1-2H3,(H,22,23,25). The number of pyridine rings is 1. The lowest BCUT2D eigenvalue weighted by molar-refractivity contribution is 0.102. The van der Waals surface area contributed by atoms with Crippen LogP contribution in [-0.4, -0.2) is 22.6 Å². The first-order chi connectivity index (χ1) is 13.6. The van der Waals surface area contributed by atoms with E-state index in [-0.39, 0.29) is 11.5 Å². The van der Waals surface area contributed by atoms with Crippen LogP contribution in [-0.2, 0) is 0 Å². The van der Waals surface area contributed by atoms with Gasteiger partial charge in [0, 0.05) is 28.0 Å². The van der Waals surface area contributed by atoms with Gasteiger partial charge in [0.05, 0.1) is 18.4 Å². The van der Waals surface area contributed by atoms with Crippen LogP contribution in [0.25, 0.3) is 16.5 Å². The minimum absolute atomic E-state index is 0.192.